The lowest BCUT2D eigenvalue weighted by Gasteiger charge is -2.34. The molecule has 0 bridgehead atoms. The van der Waals surface area contributed by atoms with Crippen LogP contribution in [0.3, 0.4) is 0 Å². The van der Waals surface area contributed by atoms with Crippen LogP contribution in [-0.4, -0.2) is 31.4 Å². The Morgan fingerprint density at radius 3 is 2.72 bits per heavy atom. The average molecular weight is 428 g/mol. The number of ketones is 1. The number of para-hydroxylation sites is 2. The molecule has 2 aromatic carbocycles. The van der Waals surface area contributed by atoms with Gasteiger partial charge >= 0.3 is 0 Å². The Morgan fingerprint density at radius 2 is 1.94 bits per heavy atom. The van der Waals surface area contributed by atoms with Crippen LogP contribution >= 0.6 is 0 Å². The molecular weight excluding hydrogens is 402 g/mol. The van der Waals surface area contributed by atoms with E-state index in [-0.39, 0.29) is 11.7 Å². The minimum atomic E-state index is -0.658. The van der Waals surface area contributed by atoms with Gasteiger partial charge in [-0.1, -0.05) is 18.2 Å². The van der Waals surface area contributed by atoms with Gasteiger partial charge in [-0.15, -0.1) is 0 Å². The maximum absolute atomic E-state index is 12.8. The maximum Gasteiger partial charge on any atom is 0.228 e. The molecular formula is C26H25N3O3. The van der Waals surface area contributed by atoms with E-state index in [2.05, 4.69) is 15.0 Å². The number of aromatic nitrogens is 3. The summed E-state index contributed by atoms with van der Waals surface area (Å²) in [5, 5.41) is 10.5. The first-order valence-electron chi connectivity index (χ1n) is 10.9. The quantitative estimate of drug-likeness (QED) is 0.417. The number of hydrogen-bond donors (Lipinski definition) is 2. The molecule has 162 valence electrons. The number of aromatic amines is 1. The Balaban J connectivity index is 1.35. The highest BCUT2D eigenvalue weighted by Crippen LogP contribution is 2.41. The Kier molecular flexibility index (Phi) is 5.23. The molecule has 1 saturated carbocycles. The van der Waals surface area contributed by atoms with E-state index >= 15 is 0 Å². The molecule has 2 heterocycles. The van der Waals surface area contributed by atoms with Gasteiger partial charge in [-0.3, -0.25) is 4.79 Å². The van der Waals surface area contributed by atoms with Gasteiger partial charge in [0.25, 0.3) is 0 Å². The summed E-state index contributed by atoms with van der Waals surface area (Å²) in [6.07, 6.45) is 5.20. The number of nitrogens with one attached hydrogen (secondary N) is 1. The van der Waals surface area contributed by atoms with Crippen molar-refractivity contribution in [3.63, 3.8) is 0 Å². The molecule has 2 aromatic heterocycles. The Hall–Kier alpha value is -3.51. The fourth-order valence-electron chi connectivity index (χ4n) is 4.51. The van der Waals surface area contributed by atoms with Crippen molar-refractivity contribution in [2.24, 2.45) is 0 Å². The maximum atomic E-state index is 12.8. The van der Waals surface area contributed by atoms with Crippen LogP contribution in [0.25, 0.3) is 11.0 Å². The Morgan fingerprint density at radius 1 is 1.12 bits per heavy atom. The molecule has 6 heteroatoms. The Labute approximate surface area is 186 Å². The summed E-state index contributed by atoms with van der Waals surface area (Å²) in [5.41, 5.74) is 2.48. The van der Waals surface area contributed by atoms with Crippen molar-refractivity contribution in [1.29, 1.82) is 0 Å². The van der Waals surface area contributed by atoms with Gasteiger partial charge < -0.3 is 14.8 Å². The van der Waals surface area contributed by atoms with E-state index in [4.69, 9.17) is 4.74 Å². The van der Waals surface area contributed by atoms with Crippen LogP contribution in [0.4, 0.5) is 0 Å². The smallest absolute Gasteiger partial charge is 0.228 e. The minimum Gasteiger partial charge on any atom is -0.439 e. The van der Waals surface area contributed by atoms with Crippen LogP contribution in [0.15, 0.2) is 66.9 Å². The molecule has 4 aromatic rings. The predicted molar refractivity (Wildman–Crippen MR) is 122 cm³/mol. The number of benzene rings is 2. The van der Waals surface area contributed by atoms with Crippen molar-refractivity contribution in [3.05, 3.63) is 83.8 Å². The van der Waals surface area contributed by atoms with Crippen molar-refractivity contribution >= 4 is 16.8 Å². The predicted octanol–water partition coefficient (Wildman–Crippen LogP) is 5.39. The molecule has 0 radical (unpaired) electrons. The number of fused-ring (bicyclic) bond motifs is 1. The lowest BCUT2D eigenvalue weighted by atomic mass is 9.76. The number of H-pyrrole nitrogens is 1. The van der Waals surface area contributed by atoms with Crippen molar-refractivity contribution in [2.45, 2.75) is 44.1 Å². The lowest BCUT2D eigenvalue weighted by Crippen LogP contribution is -2.30. The van der Waals surface area contributed by atoms with Crippen molar-refractivity contribution in [1.82, 2.24) is 15.0 Å². The van der Waals surface area contributed by atoms with Gasteiger partial charge in [-0.25, -0.2) is 9.97 Å². The van der Waals surface area contributed by atoms with Crippen LogP contribution in [0, 0.1) is 0 Å². The summed E-state index contributed by atoms with van der Waals surface area (Å²) in [6.45, 7) is 1.90. The van der Waals surface area contributed by atoms with E-state index in [1.807, 2.05) is 43.3 Å². The average Bonchev–Trinajstić information content (AvgIpc) is 3.23. The zero-order chi connectivity index (χ0) is 22.1. The third kappa shape index (κ3) is 4.14. The number of carbonyl (C=O) groups is 1. The second-order valence-electron chi connectivity index (χ2n) is 8.75. The zero-order valence-electron chi connectivity index (χ0n) is 17.9. The fourth-order valence-corrected chi connectivity index (χ4v) is 4.51. The summed E-state index contributed by atoms with van der Waals surface area (Å²) in [5.74, 6) is 1.50. The van der Waals surface area contributed by atoms with E-state index in [1.54, 1.807) is 30.5 Å². The van der Waals surface area contributed by atoms with Crippen LogP contribution in [0.5, 0.6) is 11.6 Å². The number of aliphatic hydroxyl groups is 1. The molecule has 1 aliphatic rings. The molecule has 1 aliphatic carbocycles. The summed E-state index contributed by atoms with van der Waals surface area (Å²) < 4.78 is 6.09. The number of rotatable bonds is 5. The van der Waals surface area contributed by atoms with Gasteiger partial charge in [0.1, 0.15) is 5.75 Å². The highest BCUT2D eigenvalue weighted by atomic mass is 16.5. The topological polar surface area (TPSA) is 88.1 Å². The first-order valence-corrected chi connectivity index (χ1v) is 10.9. The summed E-state index contributed by atoms with van der Waals surface area (Å²) in [4.78, 5) is 24.7. The normalized spacial score (nSPS) is 20.9. The molecule has 0 aliphatic heterocycles. The van der Waals surface area contributed by atoms with E-state index in [9.17, 15) is 9.90 Å². The largest absolute Gasteiger partial charge is 0.439 e. The van der Waals surface area contributed by atoms with Crippen LogP contribution < -0.4 is 4.74 Å². The van der Waals surface area contributed by atoms with E-state index in [0.29, 0.717) is 29.4 Å². The molecule has 32 heavy (non-hydrogen) atoms. The molecule has 0 amide bonds. The SMILES string of the molecule is CC1(O)CCC[C@H](c2cccnc2Oc2ccc(C(=O)c3nc4ccccc4[nH]3)cc2)C1. The van der Waals surface area contributed by atoms with Crippen molar-refractivity contribution in [2.75, 3.05) is 0 Å². The molecule has 5 rings (SSSR count). The van der Waals surface area contributed by atoms with Crippen LogP contribution in [0.2, 0.25) is 0 Å². The molecule has 0 spiro atoms. The van der Waals surface area contributed by atoms with E-state index < -0.39 is 5.60 Å². The number of nitrogens with zero attached hydrogens (tertiary/aromatic N) is 2. The van der Waals surface area contributed by atoms with Gasteiger partial charge in [0.05, 0.1) is 16.6 Å². The first-order chi connectivity index (χ1) is 15.5. The Bertz CT molecular complexity index is 1230. The number of ether oxygens (including phenoxy) is 1. The van der Waals surface area contributed by atoms with E-state index in [0.717, 1.165) is 35.9 Å². The van der Waals surface area contributed by atoms with Crippen molar-refractivity contribution in [3.8, 4) is 11.6 Å². The van der Waals surface area contributed by atoms with Crippen molar-refractivity contribution < 1.29 is 14.6 Å². The molecule has 0 saturated heterocycles. The molecule has 2 N–H and O–H groups in total. The second kappa shape index (κ2) is 8.20. The second-order valence-corrected chi connectivity index (χ2v) is 8.75. The van der Waals surface area contributed by atoms with Gasteiger partial charge in [0.2, 0.25) is 11.7 Å². The highest BCUT2D eigenvalue weighted by Gasteiger charge is 2.32. The third-order valence-corrected chi connectivity index (χ3v) is 6.13. The zero-order valence-corrected chi connectivity index (χ0v) is 17.9. The minimum absolute atomic E-state index is 0.171. The summed E-state index contributed by atoms with van der Waals surface area (Å²) in [6, 6.07) is 18.5. The molecule has 2 atom stereocenters. The molecule has 6 nitrogen and oxygen atoms in total. The monoisotopic (exact) mass is 427 g/mol. The van der Waals surface area contributed by atoms with Crippen LogP contribution in [0.1, 0.15) is 60.3 Å². The number of carbonyl (C=O) groups excluding carboxylic acids is 1. The number of imidazole rings is 1. The van der Waals surface area contributed by atoms with E-state index in [1.165, 1.54) is 0 Å². The van der Waals surface area contributed by atoms with Crippen LogP contribution in [-0.2, 0) is 0 Å². The molecule has 1 unspecified atom stereocenters. The lowest BCUT2D eigenvalue weighted by molar-refractivity contribution is 0.0142. The summed E-state index contributed by atoms with van der Waals surface area (Å²) in [7, 11) is 0. The molecule has 1 fully saturated rings. The van der Waals surface area contributed by atoms with Gasteiger partial charge in [0.15, 0.2) is 5.82 Å². The third-order valence-electron chi connectivity index (χ3n) is 6.13. The van der Waals surface area contributed by atoms with Gasteiger partial charge in [-0.2, -0.15) is 0 Å². The highest BCUT2D eigenvalue weighted by molar-refractivity contribution is 6.08. The van der Waals surface area contributed by atoms with Gasteiger partial charge in [-0.05, 0) is 81.0 Å². The standard InChI is InChI=1S/C26H25N3O3/c1-26(31)14-4-6-18(16-26)20-7-5-15-27-25(20)32-19-12-10-17(11-13-19)23(30)24-28-21-8-2-3-9-22(21)29-24/h2-3,5,7-13,15,18,31H,4,6,14,16H2,1H3,(H,28,29)/t18-,26?/m0/s1. The number of hydrogen-bond acceptors (Lipinski definition) is 5. The summed E-state index contributed by atoms with van der Waals surface area (Å²) >= 11 is 0. The van der Waals surface area contributed by atoms with Gasteiger partial charge in [0, 0.05) is 17.3 Å². The first kappa shape index (κ1) is 20.4. The number of pyridine rings is 1. The fraction of sp³-hybridized carbons (Fsp3) is 0.269.